The maximum absolute atomic E-state index is 12.8. The van der Waals surface area contributed by atoms with Crippen molar-refractivity contribution in [1.82, 2.24) is 25.9 Å². The fourth-order valence-electron chi connectivity index (χ4n) is 3.75. The van der Waals surface area contributed by atoms with Gasteiger partial charge in [0.1, 0.15) is 11.5 Å². The Balaban J connectivity index is 1.51. The first-order valence-electron chi connectivity index (χ1n) is 8.91. The van der Waals surface area contributed by atoms with Gasteiger partial charge in [0.05, 0.1) is 6.04 Å². The van der Waals surface area contributed by atoms with Crippen LogP contribution in [0.1, 0.15) is 36.5 Å². The Kier molecular flexibility index (Phi) is 5.47. The normalized spacial score (nSPS) is 22.5. The SMILES string of the molecule is Cc1cc(C(F)(F)F)nc(CCNC(=O)[C@H]2CC3(CCNCC3)CN2)n1. The van der Waals surface area contributed by atoms with Gasteiger partial charge in [-0.1, -0.05) is 0 Å². The van der Waals surface area contributed by atoms with E-state index in [1.807, 2.05) is 0 Å². The highest BCUT2D eigenvalue weighted by molar-refractivity contribution is 5.82. The number of nitrogens with one attached hydrogen (secondary N) is 3. The van der Waals surface area contributed by atoms with E-state index in [0.29, 0.717) is 0 Å². The minimum absolute atomic E-state index is 0.0897. The van der Waals surface area contributed by atoms with Gasteiger partial charge in [-0.25, -0.2) is 9.97 Å². The second-order valence-electron chi connectivity index (χ2n) is 7.24. The van der Waals surface area contributed by atoms with Crippen LogP contribution in [0.25, 0.3) is 0 Å². The Labute approximate surface area is 150 Å². The second-order valence-corrected chi connectivity index (χ2v) is 7.24. The van der Waals surface area contributed by atoms with Gasteiger partial charge in [0, 0.05) is 25.2 Å². The third-order valence-electron chi connectivity index (χ3n) is 5.18. The highest BCUT2D eigenvalue weighted by Crippen LogP contribution is 2.37. The van der Waals surface area contributed by atoms with Crippen LogP contribution in [0.2, 0.25) is 0 Å². The van der Waals surface area contributed by atoms with Crippen molar-refractivity contribution in [3.63, 3.8) is 0 Å². The molecule has 2 fully saturated rings. The van der Waals surface area contributed by atoms with E-state index >= 15 is 0 Å². The maximum Gasteiger partial charge on any atom is 0.433 e. The van der Waals surface area contributed by atoms with Crippen molar-refractivity contribution < 1.29 is 18.0 Å². The van der Waals surface area contributed by atoms with Crippen LogP contribution in [0, 0.1) is 12.3 Å². The topological polar surface area (TPSA) is 78.9 Å². The molecule has 144 valence electrons. The summed E-state index contributed by atoms with van der Waals surface area (Å²) >= 11 is 0. The number of aryl methyl sites for hydroxylation is 1. The van der Waals surface area contributed by atoms with Gasteiger partial charge >= 0.3 is 6.18 Å². The first-order valence-corrected chi connectivity index (χ1v) is 8.91. The molecule has 0 aromatic carbocycles. The summed E-state index contributed by atoms with van der Waals surface area (Å²) in [6, 6.07) is 0.681. The fraction of sp³-hybridized carbons (Fsp3) is 0.706. The molecule has 1 amide bonds. The van der Waals surface area contributed by atoms with Crippen molar-refractivity contribution in [3.8, 4) is 0 Å². The van der Waals surface area contributed by atoms with Gasteiger partial charge in [0.15, 0.2) is 0 Å². The fourth-order valence-corrected chi connectivity index (χ4v) is 3.75. The van der Waals surface area contributed by atoms with Gasteiger partial charge < -0.3 is 16.0 Å². The molecule has 0 unspecified atom stereocenters. The minimum atomic E-state index is -4.50. The molecule has 1 aromatic heterocycles. The van der Waals surface area contributed by atoms with Crippen molar-refractivity contribution in [1.29, 1.82) is 0 Å². The zero-order valence-electron chi connectivity index (χ0n) is 14.7. The predicted molar refractivity (Wildman–Crippen MR) is 89.4 cm³/mol. The van der Waals surface area contributed by atoms with Crippen LogP contribution in [-0.4, -0.2) is 48.1 Å². The largest absolute Gasteiger partial charge is 0.433 e. The van der Waals surface area contributed by atoms with Crippen LogP contribution >= 0.6 is 0 Å². The number of carbonyl (C=O) groups excluding carboxylic acids is 1. The van der Waals surface area contributed by atoms with Crippen LogP contribution < -0.4 is 16.0 Å². The maximum atomic E-state index is 12.8. The molecule has 2 aliphatic rings. The zero-order valence-corrected chi connectivity index (χ0v) is 14.7. The van der Waals surface area contributed by atoms with E-state index < -0.39 is 11.9 Å². The molecular formula is C17H24F3N5O. The summed E-state index contributed by atoms with van der Waals surface area (Å²) in [5.74, 6) is -0.0177. The van der Waals surface area contributed by atoms with Gasteiger partial charge in [-0.15, -0.1) is 0 Å². The number of hydrogen-bond acceptors (Lipinski definition) is 5. The average Bonchev–Trinajstić information content (AvgIpc) is 2.98. The summed E-state index contributed by atoms with van der Waals surface area (Å²) in [6.45, 7) is 4.50. The van der Waals surface area contributed by atoms with Crippen LogP contribution in [0.3, 0.4) is 0 Å². The Hall–Kier alpha value is -1.74. The van der Waals surface area contributed by atoms with Gasteiger partial charge in [-0.05, 0) is 50.8 Å². The molecule has 0 aliphatic carbocycles. The summed E-state index contributed by atoms with van der Waals surface area (Å²) in [4.78, 5) is 19.9. The van der Waals surface area contributed by atoms with Gasteiger partial charge in [-0.2, -0.15) is 13.2 Å². The van der Waals surface area contributed by atoms with Gasteiger partial charge in [0.25, 0.3) is 0 Å². The van der Waals surface area contributed by atoms with Crippen LogP contribution in [0.15, 0.2) is 6.07 Å². The van der Waals surface area contributed by atoms with Crippen molar-refractivity contribution in [2.75, 3.05) is 26.2 Å². The van der Waals surface area contributed by atoms with Crippen molar-refractivity contribution in [2.45, 2.75) is 44.8 Å². The number of halogens is 3. The Morgan fingerprint density at radius 3 is 2.77 bits per heavy atom. The minimum Gasteiger partial charge on any atom is -0.354 e. The van der Waals surface area contributed by atoms with Crippen LogP contribution in [0.4, 0.5) is 13.2 Å². The zero-order chi connectivity index (χ0) is 18.8. The average molecular weight is 371 g/mol. The first-order chi connectivity index (χ1) is 12.3. The lowest BCUT2D eigenvalue weighted by Gasteiger charge is -2.33. The molecule has 9 heteroatoms. The molecule has 1 atom stereocenters. The lowest BCUT2D eigenvalue weighted by molar-refractivity contribution is -0.141. The van der Waals surface area contributed by atoms with Crippen molar-refractivity contribution >= 4 is 5.91 Å². The first kappa shape index (κ1) is 19.0. The molecule has 1 aromatic rings. The van der Waals surface area contributed by atoms with E-state index in [2.05, 4.69) is 25.9 Å². The standard InChI is InChI=1S/C17H24F3N5O/c1-11-8-13(17(18,19)20)25-14(24-11)2-5-22-15(26)12-9-16(10-23-12)3-6-21-7-4-16/h8,12,21,23H,2-7,9-10H2,1H3,(H,22,26)/t12-/m1/s1. The van der Waals surface area contributed by atoms with E-state index in [1.165, 1.54) is 6.92 Å². The molecule has 3 rings (SSSR count). The summed E-state index contributed by atoms with van der Waals surface area (Å²) in [6.07, 6.45) is -1.41. The lowest BCUT2D eigenvalue weighted by atomic mass is 9.77. The molecule has 6 nitrogen and oxygen atoms in total. The number of rotatable bonds is 4. The van der Waals surface area contributed by atoms with E-state index in [9.17, 15) is 18.0 Å². The number of hydrogen-bond donors (Lipinski definition) is 3. The lowest BCUT2D eigenvalue weighted by Crippen LogP contribution is -2.41. The molecule has 1 spiro atoms. The molecule has 3 heterocycles. The quantitative estimate of drug-likeness (QED) is 0.741. The summed E-state index contributed by atoms with van der Waals surface area (Å²) in [5, 5.41) is 9.41. The predicted octanol–water partition coefficient (Wildman–Crippen LogP) is 1.19. The second kappa shape index (κ2) is 7.48. The molecule has 3 N–H and O–H groups in total. The molecule has 0 radical (unpaired) electrons. The molecule has 0 bridgehead atoms. The Bertz CT molecular complexity index is 658. The molecule has 2 aliphatic heterocycles. The highest BCUT2D eigenvalue weighted by atomic mass is 19.4. The third-order valence-corrected chi connectivity index (χ3v) is 5.18. The van der Waals surface area contributed by atoms with Crippen molar-refractivity contribution in [2.24, 2.45) is 5.41 Å². The third kappa shape index (κ3) is 4.50. The monoisotopic (exact) mass is 371 g/mol. The Morgan fingerprint density at radius 1 is 1.35 bits per heavy atom. The molecule has 2 saturated heterocycles. The molecular weight excluding hydrogens is 347 g/mol. The summed E-state index contributed by atoms with van der Waals surface area (Å²) in [7, 11) is 0. The van der Waals surface area contributed by atoms with Gasteiger partial charge in [-0.3, -0.25) is 4.79 Å². The smallest absolute Gasteiger partial charge is 0.354 e. The molecule has 26 heavy (non-hydrogen) atoms. The molecule has 0 saturated carbocycles. The van der Waals surface area contributed by atoms with E-state index in [-0.39, 0.29) is 41.8 Å². The number of nitrogens with zero attached hydrogens (tertiary/aromatic N) is 2. The number of piperidine rings is 1. The Morgan fingerprint density at radius 2 is 2.08 bits per heavy atom. The summed E-state index contributed by atoms with van der Waals surface area (Å²) < 4.78 is 38.4. The number of alkyl halides is 3. The van der Waals surface area contributed by atoms with Gasteiger partial charge in [0.2, 0.25) is 5.91 Å². The highest BCUT2D eigenvalue weighted by Gasteiger charge is 2.42. The number of amides is 1. The number of aromatic nitrogens is 2. The van der Waals surface area contributed by atoms with E-state index in [1.54, 1.807) is 0 Å². The van der Waals surface area contributed by atoms with Crippen LogP contribution in [-0.2, 0) is 17.4 Å². The van der Waals surface area contributed by atoms with E-state index in [4.69, 9.17) is 0 Å². The van der Waals surface area contributed by atoms with Crippen LogP contribution in [0.5, 0.6) is 0 Å². The summed E-state index contributed by atoms with van der Waals surface area (Å²) in [5.41, 5.74) is -0.496. The number of carbonyl (C=O) groups is 1. The van der Waals surface area contributed by atoms with Crippen molar-refractivity contribution in [3.05, 3.63) is 23.3 Å². The van der Waals surface area contributed by atoms with E-state index in [0.717, 1.165) is 45.0 Å².